The van der Waals surface area contributed by atoms with Gasteiger partial charge in [-0.15, -0.1) is 0 Å². The third-order valence-corrected chi connectivity index (χ3v) is 3.62. The van der Waals surface area contributed by atoms with Crippen LogP contribution in [0.1, 0.15) is 18.1 Å². The van der Waals surface area contributed by atoms with Crippen molar-refractivity contribution in [2.75, 3.05) is 6.61 Å². The third-order valence-electron chi connectivity index (χ3n) is 3.62. The molecule has 0 bridgehead atoms. The fraction of sp³-hybridized carbons (Fsp3) is 0.333. The zero-order chi connectivity index (χ0) is 15.9. The Kier molecular flexibility index (Phi) is 6.04. The molecule has 0 saturated carbocycles. The van der Waals surface area contributed by atoms with E-state index in [9.17, 15) is 13.9 Å². The Morgan fingerprint density at radius 3 is 2.32 bits per heavy atom. The van der Waals surface area contributed by atoms with Gasteiger partial charge in [-0.2, -0.15) is 0 Å². The molecule has 4 heteroatoms. The quantitative estimate of drug-likeness (QED) is 0.824. The van der Waals surface area contributed by atoms with Crippen LogP contribution in [0, 0.1) is 11.6 Å². The summed E-state index contributed by atoms with van der Waals surface area (Å²) in [5.41, 5.74) is 1.60. The first-order valence-corrected chi connectivity index (χ1v) is 7.43. The van der Waals surface area contributed by atoms with E-state index < -0.39 is 0 Å². The molecule has 2 unspecified atom stereocenters. The van der Waals surface area contributed by atoms with Gasteiger partial charge >= 0.3 is 0 Å². The van der Waals surface area contributed by atoms with E-state index in [1.54, 1.807) is 24.3 Å². The van der Waals surface area contributed by atoms with E-state index in [0.717, 1.165) is 5.56 Å². The van der Waals surface area contributed by atoms with Crippen molar-refractivity contribution in [3.05, 3.63) is 71.3 Å². The Morgan fingerprint density at radius 2 is 1.68 bits per heavy atom. The third kappa shape index (κ3) is 4.90. The maximum absolute atomic E-state index is 13.6. The van der Waals surface area contributed by atoms with E-state index in [1.165, 1.54) is 18.2 Å². The number of hydrogen-bond acceptors (Lipinski definition) is 2. The summed E-state index contributed by atoms with van der Waals surface area (Å²) in [6, 6.07) is 12.8. The number of benzene rings is 2. The number of halogens is 2. The van der Waals surface area contributed by atoms with E-state index >= 15 is 0 Å². The molecule has 0 aliphatic rings. The van der Waals surface area contributed by atoms with Crippen LogP contribution in [0.2, 0.25) is 0 Å². The predicted octanol–water partition coefficient (Wildman–Crippen LogP) is 3.09. The maximum Gasteiger partial charge on any atom is 0.126 e. The van der Waals surface area contributed by atoms with Crippen LogP contribution in [-0.2, 0) is 12.8 Å². The summed E-state index contributed by atoms with van der Waals surface area (Å²) >= 11 is 0. The fourth-order valence-corrected chi connectivity index (χ4v) is 2.54. The number of aliphatic hydroxyl groups is 1. The Balaban J connectivity index is 1.92. The highest BCUT2D eigenvalue weighted by molar-refractivity contribution is 5.19. The first-order valence-electron chi connectivity index (χ1n) is 7.43. The molecule has 0 fully saturated rings. The van der Waals surface area contributed by atoms with Crippen LogP contribution in [0.3, 0.4) is 0 Å². The van der Waals surface area contributed by atoms with Gasteiger partial charge < -0.3 is 10.4 Å². The molecule has 2 aromatic rings. The lowest BCUT2D eigenvalue weighted by molar-refractivity contribution is 0.231. The highest BCUT2D eigenvalue weighted by Gasteiger charge is 2.14. The summed E-state index contributed by atoms with van der Waals surface area (Å²) < 4.78 is 26.5. The normalized spacial score (nSPS) is 13.8. The van der Waals surface area contributed by atoms with Crippen molar-refractivity contribution in [3.63, 3.8) is 0 Å². The van der Waals surface area contributed by atoms with Gasteiger partial charge in [0.25, 0.3) is 0 Å². The van der Waals surface area contributed by atoms with Crippen LogP contribution < -0.4 is 5.32 Å². The summed E-state index contributed by atoms with van der Waals surface area (Å²) in [4.78, 5) is 0. The highest BCUT2D eigenvalue weighted by atomic mass is 19.1. The zero-order valence-electron chi connectivity index (χ0n) is 12.6. The molecule has 2 atom stereocenters. The zero-order valence-corrected chi connectivity index (χ0v) is 12.6. The lowest BCUT2D eigenvalue weighted by atomic mass is 10.0. The van der Waals surface area contributed by atoms with E-state index in [2.05, 4.69) is 5.32 Å². The van der Waals surface area contributed by atoms with Crippen molar-refractivity contribution < 1.29 is 13.9 Å². The minimum atomic E-state index is -0.273. The Morgan fingerprint density at radius 1 is 1.00 bits per heavy atom. The summed E-state index contributed by atoms with van der Waals surface area (Å²) in [6.07, 6.45) is 1.14. The van der Waals surface area contributed by atoms with E-state index in [1.807, 2.05) is 13.0 Å². The van der Waals surface area contributed by atoms with Crippen molar-refractivity contribution in [2.24, 2.45) is 0 Å². The molecule has 0 aliphatic carbocycles. The van der Waals surface area contributed by atoms with Crippen LogP contribution in [0.15, 0.2) is 48.5 Å². The second-order valence-corrected chi connectivity index (χ2v) is 5.57. The van der Waals surface area contributed by atoms with Crippen molar-refractivity contribution in [2.45, 2.75) is 31.8 Å². The Labute approximate surface area is 129 Å². The molecular weight excluding hydrogens is 284 g/mol. The molecule has 0 spiro atoms. The monoisotopic (exact) mass is 305 g/mol. The fourth-order valence-electron chi connectivity index (χ4n) is 2.54. The number of nitrogens with one attached hydrogen (secondary N) is 1. The van der Waals surface area contributed by atoms with E-state index in [4.69, 9.17) is 0 Å². The highest BCUT2D eigenvalue weighted by Crippen LogP contribution is 2.11. The predicted molar refractivity (Wildman–Crippen MR) is 83.7 cm³/mol. The largest absolute Gasteiger partial charge is 0.395 e. The summed E-state index contributed by atoms with van der Waals surface area (Å²) in [6.45, 7) is 1.93. The molecule has 118 valence electrons. The second kappa shape index (κ2) is 8.01. The van der Waals surface area contributed by atoms with E-state index in [-0.39, 0.29) is 30.3 Å². The van der Waals surface area contributed by atoms with Crippen molar-refractivity contribution in [1.29, 1.82) is 0 Å². The minimum absolute atomic E-state index is 0.0227. The molecule has 0 aliphatic heterocycles. The number of hydrogen-bond donors (Lipinski definition) is 2. The second-order valence-electron chi connectivity index (χ2n) is 5.57. The molecule has 2 nitrogen and oxygen atoms in total. The molecule has 0 amide bonds. The molecule has 0 heterocycles. The first-order chi connectivity index (χ1) is 10.6. The average molecular weight is 305 g/mol. The molecule has 0 aromatic heterocycles. The first kappa shape index (κ1) is 16.6. The Hall–Kier alpha value is -1.78. The van der Waals surface area contributed by atoms with Gasteiger partial charge in [0.05, 0.1) is 6.61 Å². The van der Waals surface area contributed by atoms with Crippen LogP contribution in [0.5, 0.6) is 0 Å². The van der Waals surface area contributed by atoms with Gasteiger partial charge in [0.15, 0.2) is 0 Å². The SMILES string of the molecule is CC(Cc1ccccc1F)NC(CO)Cc1ccc(F)cc1. The molecular formula is C18H21F2NO. The molecule has 0 saturated heterocycles. The smallest absolute Gasteiger partial charge is 0.126 e. The summed E-state index contributed by atoms with van der Waals surface area (Å²) in [7, 11) is 0. The topological polar surface area (TPSA) is 32.3 Å². The minimum Gasteiger partial charge on any atom is -0.395 e. The number of rotatable bonds is 7. The molecule has 22 heavy (non-hydrogen) atoms. The molecule has 2 aromatic carbocycles. The van der Waals surface area contributed by atoms with Crippen molar-refractivity contribution in [3.8, 4) is 0 Å². The maximum atomic E-state index is 13.6. The molecule has 2 N–H and O–H groups in total. The van der Waals surface area contributed by atoms with Gasteiger partial charge in [-0.1, -0.05) is 30.3 Å². The van der Waals surface area contributed by atoms with E-state index in [0.29, 0.717) is 18.4 Å². The van der Waals surface area contributed by atoms with Gasteiger partial charge in [-0.05, 0) is 49.1 Å². The molecule has 2 rings (SSSR count). The average Bonchev–Trinajstić information content (AvgIpc) is 2.51. The van der Waals surface area contributed by atoms with Crippen LogP contribution >= 0.6 is 0 Å². The number of aliphatic hydroxyl groups excluding tert-OH is 1. The summed E-state index contributed by atoms with van der Waals surface area (Å²) in [5, 5.41) is 12.8. The standard InChI is InChI=1S/C18H21F2NO/c1-13(10-15-4-2-3-5-18(15)20)21-17(12-22)11-14-6-8-16(19)9-7-14/h2-9,13,17,21-22H,10-12H2,1H3. The van der Waals surface area contributed by atoms with Gasteiger partial charge in [-0.25, -0.2) is 8.78 Å². The lowest BCUT2D eigenvalue weighted by Crippen LogP contribution is -2.41. The van der Waals surface area contributed by atoms with Crippen LogP contribution in [0.25, 0.3) is 0 Å². The summed E-state index contributed by atoms with van der Waals surface area (Å²) in [5.74, 6) is -0.486. The lowest BCUT2D eigenvalue weighted by Gasteiger charge is -2.22. The van der Waals surface area contributed by atoms with Gasteiger partial charge in [0.2, 0.25) is 0 Å². The van der Waals surface area contributed by atoms with Gasteiger partial charge in [-0.3, -0.25) is 0 Å². The Bertz CT molecular complexity index is 586. The van der Waals surface area contributed by atoms with Gasteiger partial charge in [0.1, 0.15) is 11.6 Å². The van der Waals surface area contributed by atoms with Crippen molar-refractivity contribution >= 4 is 0 Å². The van der Waals surface area contributed by atoms with Crippen LogP contribution in [0.4, 0.5) is 8.78 Å². The molecule has 0 radical (unpaired) electrons. The van der Waals surface area contributed by atoms with Crippen molar-refractivity contribution in [1.82, 2.24) is 5.32 Å². The van der Waals surface area contributed by atoms with Gasteiger partial charge in [0, 0.05) is 12.1 Å². The van der Waals surface area contributed by atoms with Crippen LogP contribution in [-0.4, -0.2) is 23.8 Å².